The summed E-state index contributed by atoms with van der Waals surface area (Å²) in [7, 11) is 0. The molecular formula is C21H23N3O3. The minimum Gasteiger partial charge on any atom is -0.494 e. The molecule has 1 N–H and O–H groups in total. The van der Waals surface area contributed by atoms with Crippen LogP contribution in [0.5, 0.6) is 5.88 Å². The molecule has 0 radical (unpaired) electrons. The van der Waals surface area contributed by atoms with E-state index in [1.54, 1.807) is 6.92 Å². The van der Waals surface area contributed by atoms with Crippen LogP contribution in [0.25, 0.3) is 0 Å². The van der Waals surface area contributed by atoms with Gasteiger partial charge in [0.05, 0.1) is 23.9 Å². The van der Waals surface area contributed by atoms with Gasteiger partial charge in [-0.2, -0.15) is 5.26 Å². The quantitative estimate of drug-likeness (QED) is 0.842. The molecule has 0 aliphatic carbocycles. The van der Waals surface area contributed by atoms with E-state index >= 15 is 0 Å². The summed E-state index contributed by atoms with van der Waals surface area (Å²) in [4.78, 5) is 17.1. The summed E-state index contributed by atoms with van der Waals surface area (Å²) in [5.74, 6) is -0.181. The van der Waals surface area contributed by atoms with Crippen molar-refractivity contribution >= 4 is 11.9 Å². The van der Waals surface area contributed by atoms with Crippen LogP contribution in [-0.4, -0.2) is 28.6 Å². The third-order valence-electron chi connectivity index (χ3n) is 5.09. The summed E-state index contributed by atoms with van der Waals surface area (Å²) in [6.07, 6.45) is 3.14. The third-order valence-corrected chi connectivity index (χ3v) is 5.09. The van der Waals surface area contributed by atoms with Crippen LogP contribution in [0.2, 0.25) is 0 Å². The highest BCUT2D eigenvalue weighted by Gasteiger charge is 2.22. The molecule has 1 aliphatic rings. The summed E-state index contributed by atoms with van der Waals surface area (Å²) >= 11 is 0. The molecule has 140 valence electrons. The van der Waals surface area contributed by atoms with Gasteiger partial charge in [-0.05, 0) is 62.4 Å². The maximum absolute atomic E-state index is 12.6. The highest BCUT2D eigenvalue weighted by Crippen LogP contribution is 2.24. The standard InChI is InChI=1S/C21H23N3O3/c1-13-6-7-16(9-14(13)2)23-11-19-15(3)18(10-22)20(25)24(21(19)26)12-17-5-4-8-27-17/h6-7,9,11,17,26H,4-5,8,12H2,1-3H3. The zero-order valence-corrected chi connectivity index (χ0v) is 15.8. The summed E-state index contributed by atoms with van der Waals surface area (Å²) in [5.41, 5.74) is 3.36. The molecule has 0 saturated carbocycles. The molecule has 0 amide bonds. The summed E-state index contributed by atoms with van der Waals surface area (Å²) < 4.78 is 6.80. The van der Waals surface area contributed by atoms with Gasteiger partial charge >= 0.3 is 0 Å². The van der Waals surface area contributed by atoms with Crippen LogP contribution < -0.4 is 5.56 Å². The Morgan fingerprint density at radius 3 is 2.78 bits per heavy atom. The first kappa shape index (κ1) is 18.9. The zero-order valence-electron chi connectivity index (χ0n) is 15.8. The second-order valence-corrected chi connectivity index (χ2v) is 6.93. The molecule has 3 rings (SSSR count). The van der Waals surface area contributed by atoms with E-state index in [1.807, 2.05) is 38.1 Å². The van der Waals surface area contributed by atoms with Crippen molar-refractivity contribution in [2.75, 3.05) is 6.61 Å². The van der Waals surface area contributed by atoms with Crippen LogP contribution in [-0.2, 0) is 11.3 Å². The van der Waals surface area contributed by atoms with Crippen LogP contribution >= 0.6 is 0 Å². The Morgan fingerprint density at radius 2 is 2.15 bits per heavy atom. The molecule has 27 heavy (non-hydrogen) atoms. The molecule has 1 aromatic carbocycles. The molecule has 1 aliphatic heterocycles. The van der Waals surface area contributed by atoms with Crippen molar-refractivity contribution in [2.45, 2.75) is 46.3 Å². The SMILES string of the molecule is Cc1ccc(N=Cc2c(C)c(C#N)c(=O)n(CC3CCCO3)c2O)cc1C. The van der Waals surface area contributed by atoms with Gasteiger partial charge in [0.2, 0.25) is 5.88 Å². The molecular weight excluding hydrogens is 342 g/mol. The third kappa shape index (κ3) is 3.79. The molecule has 1 unspecified atom stereocenters. The largest absolute Gasteiger partial charge is 0.494 e. The van der Waals surface area contributed by atoms with Gasteiger partial charge in [0.1, 0.15) is 11.6 Å². The van der Waals surface area contributed by atoms with E-state index in [9.17, 15) is 15.2 Å². The monoisotopic (exact) mass is 365 g/mol. The second-order valence-electron chi connectivity index (χ2n) is 6.93. The number of nitriles is 1. The van der Waals surface area contributed by atoms with E-state index in [0.29, 0.717) is 17.7 Å². The number of ether oxygens (including phenoxy) is 1. The van der Waals surface area contributed by atoms with Crippen LogP contribution in [0.3, 0.4) is 0 Å². The number of nitrogens with zero attached hydrogens (tertiary/aromatic N) is 3. The van der Waals surface area contributed by atoms with E-state index in [1.165, 1.54) is 16.3 Å². The second kappa shape index (κ2) is 7.77. The van der Waals surface area contributed by atoms with E-state index in [0.717, 1.165) is 24.1 Å². The van der Waals surface area contributed by atoms with Gasteiger partial charge in [-0.1, -0.05) is 6.07 Å². The fraction of sp³-hybridized carbons (Fsp3) is 0.381. The maximum Gasteiger partial charge on any atom is 0.271 e. The van der Waals surface area contributed by atoms with Crippen molar-refractivity contribution in [3.05, 3.63) is 56.4 Å². The molecule has 1 saturated heterocycles. The Balaban J connectivity index is 2.05. The first-order valence-electron chi connectivity index (χ1n) is 9.01. The lowest BCUT2D eigenvalue weighted by molar-refractivity contribution is 0.0938. The Hall–Kier alpha value is -2.91. The number of aryl methyl sites for hydroxylation is 2. The minimum atomic E-state index is -0.494. The van der Waals surface area contributed by atoms with Gasteiger partial charge in [0.15, 0.2) is 0 Å². The van der Waals surface area contributed by atoms with Gasteiger partial charge in [-0.15, -0.1) is 0 Å². The number of pyridine rings is 1. The molecule has 0 spiro atoms. The zero-order chi connectivity index (χ0) is 19.6. The molecule has 1 aromatic heterocycles. The lowest BCUT2D eigenvalue weighted by atomic mass is 10.1. The fourth-order valence-corrected chi connectivity index (χ4v) is 3.23. The topological polar surface area (TPSA) is 87.6 Å². The Morgan fingerprint density at radius 1 is 1.37 bits per heavy atom. The number of benzene rings is 1. The van der Waals surface area contributed by atoms with Crippen LogP contribution in [0.15, 0.2) is 28.0 Å². The van der Waals surface area contributed by atoms with Crippen molar-refractivity contribution in [3.8, 4) is 11.9 Å². The van der Waals surface area contributed by atoms with Crippen molar-refractivity contribution in [1.29, 1.82) is 5.26 Å². The number of aromatic hydroxyl groups is 1. The number of aliphatic imine (C=N–C) groups is 1. The maximum atomic E-state index is 12.6. The summed E-state index contributed by atoms with van der Waals surface area (Å²) in [6, 6.07) is 7.78. The Kier molecular flexibility index (Phi) is 5.43. The van der Waals surface area contributed by atoms with Gasteiger partial charge in [0.25, 0.3) is 5.56 Å². The smallest absolute Gasteiger partial charge is 0.271 e. The van der Waals surface area contributed by atoms with Gasteiger partial charge in [-0.3, -0.25) is 14.4 Å². The molecule has 6 nitrogen and oxygen atoms in total. The molecule has 2 heterocycles. The lowest BCUT2D eigenvalue weighted by Crippen LogP contribution is -2.29. The predicted molar refractivity (Wildman–Crippen MR) is 104 cm³/mol. The average Bonchev–Trinajstić information content (AvgIpc) is 3.15. The van der Waals surface area contributed by atoms with Crippen LogP contribution in [0.4, 0.5) is 5.69 Å². The molecule has 0 bridgehead atoms. The average molecular weight is 365 g/mol. The van der Waals surface area contributed by atoms with E-state index in [-0.39, 0.29) is 24.1 Å². The fourth-order valence-electron chi connectivity index (χ4n) is 3.23. The number of hydrogen-bond acceptors (Lipinski definition) is 5. The first-order chi connectivity index (χ1) is 12.9. The van der Waals surface area contributed by atoms with E-state index in [4.69, 9.17) is 4.74 Å². The normalized spacial score (nSPS) is 16.7. The molecule has 1 fully saturated rings. The summed E-state index contributed by atoms with van der Waals surface area (Å²) in [6.45, 7) is 6.56. The number of hydrogen-bond donors (Lipinski definition) is 1. The first-order valence-corrected chi connectivity index (χ1v) is 9.01. The molecule has 6 heteroatoms. The Bertz CT molecular complexity index is 993. The van der Waals surface area contributed by atoms with Crippen molar-refractivity contribution in [1.82, 2.24) is 4.57 Å². The predicted octanol–water partition coefficient (Wildman–Crippen LogP) is 3.28. The minimum absolute atomic E-state index is 0.0207. The van der Waals surface area contributed by atoms with E-state index < -0.39 is 5.56 Å². The highest BCUT2D eigenvalue weighted by molar-refractivity contribution is 5.87. The molecule has 1 atom stereocenters. The number of aromatic nitrogens is 1. The van der Waals surface area contributed by atoms with Gasteiger partial charge in [0, 0.05) is 12.8 Å². The lowest BCUT2D eigenvalue weighted by Gasteiger charge is -2.17. The van der Waals surface area contributed by atoms with Crippen LogP contribution in [0.1, 0.15) is 40.7 Å². The van der Waals surface area contributed by atoms with Crippen molar-refractivity contribution < 1.29 is 9.84 Å². The molecule has 2 aromatic rings. The Labute approximate surface area is 158 Å². The van der Waals surface area contributed by atoms with Gasteiger partial charge < -0.3 is 9.84 Å². The van der Waals surface area contributed by atoms with Crippen molar-refractivity contribution in [2.24, 2.45) is 4.99 Å². The van der Waals surface area contributed by atoms with Gasteiger partial charge in [-0.25, -0.2) is 0 Å². The highest BCUT2D eigenvalue weighted by atomic mass is 16.5. The van der Waals surface area contributed by atoms with Crippen molar-refractivity contribution in [3.63, 3.8) is 0 Å². The van der Waals surface area contributed by atoms with E-state index in [2.05, 4.69) is 4.99 Å². The van der Waals surface area contributed by atoms with Crippen LogP contribution in [0, 0.1) is 32.1 Å². The summed E-state index contributed by atoms with van der Waals surface area (Å²) in [5, 5.41) is 20.1. The number of rotatable bonds is 4.